The van der Waals surface area contributed by atoms with E-state index in [1.165, 1.54) is 6.07 Å². The highest BCUT2D eigenvalue weighted by Gasteiger charge is 2.20. The largest absolute Gasteiger partial charge is 0.507 e. The van der Waals surface area contributed by atoms with Gasteiger partial charge in [0.1, 0.15) is 17.4 Å². The zero-order valence-electron chi connectivity index (χ0n) is 21.6. The number of para-hydroxylation sites is 1. The van der Waals surface area contributed by atoms with E-state index >= 15 is 0 Å². The average molecular weight is 563 g/mol. The first-order chi connectivity index (χ1) is 19.9. The maximum Gasteiger partial charge on any atom is 0.256 e. The number of nitriles is 1. The van der Waals surface area contributed by atoms with Gasteiger partial charge in [-0.2, -0.15) is 5.26 Å². The molecule has 0 fully saturated rings. The Hall–Kier alpha value is -5.46. The van der Waals surface area contributed by atoms with Crippen LogP contribution in [0.15, 0.2) is 91.4 Å². The summed E-state index contributed by atoms with van der Waals surface area (Å²) in [6.07, 6.45) is 3.87. The fourth-order valence-corrected chi connectivity index (χ4v) is 4.37. The standard InChI is InChI=1S/C31H23ClN6O3/c32-22-10-8-19(9-11-22)31(41)38-29-26(16-33)25(15-27(37-29)24-6-1-2-7-28(24)39)20-4-3-5-21(14-20)30(40)35-13-12-23-17-34-18-36-23/h1-11,14-15,17-18,39H,12-13H2,(H,34,36)(H,35,40)(H,37,38,41). The highest BCUT2D eigenvalue weighted by molar-refractivity contribution is 6.30. The number of imidazole rings is 1. The van der Waals surface area contributed by atoms with Gasteiger partial charge >= 0.3 is 0 Å². The quantitative estimate of drug-likeness (QED) is 0.194. The minimum absolute atomic E-state index is 0.0117. The van der Waals surface area contributed by atoms with Crippen LogP contribution in [0.1, 0.15) is 32.0 Å². The van der Waals surface area contributed by atoms with E-state index in [0.29, 0.717) is 51.5 Å². The smallest absolute Gasteiger partial charge is 0.256 e. The van der Waals surface area contributed by atoms with Gasteiger partial charge in [0, 0.05) is 52.1 Å². The van der Waals surface area contributed by atoms with Crippen molar-refractivity contribution in [3.05, 3.63) is 119 Å². The molecule has 0 saturated carbocycles. The van der Waals surface area contributed by atoms with Crippen LogP contribution in [0.25, 0.3) is 22.4 Å². The number of aromatic amines is 1. The summed E-state index contributed by atoms with van der Waals surface area (Å²) in [4.78, 5) is 37.5. The second-order valence-electron chi connectivity index (χ2n) is 9.03. The first kappa shape index (κ1) is 27.1. The normalized spacial score (nSPS) is 10.5. The maximum absolute atomic E-state index is 13.1. The molecule has 0 aliphatic heterocycles. The Bertz CT molecular complexity index is 1760. The SMILES string of the molecule is N#Cc1c(-c2cccc(C(=O)NCCc3cnc[nH]3)c2)cc(-c2ccccc2O)nc1NC(=O)c1ccc(Cl)cc1. The zero-order chi connectivity index (χ0) is 28.8. The maximum atomic E-state index is 13.1. The zero-order valence-corrected chi connectivity index (χ0v) is 22.3. The lowest BCUT2D eigenvalue weighted by Gasteiger charge is -2.15. The molecule has 5 aromatic rings. The van der Waals surface area contributed by atoms with E-state index in [1.807, 2.05) is 0 Å². The fourth-order valence-electron chi connectivity index (χ4n) is 4.25. The van der Waals surface area contributed by atoms with Gasteiger partial charge in [0.25, 0.3) is 11.8 Å². The first-order valence-corrected chi connectivity index (χ1v) is 13.0. The number of amides is 2. The number of H-pyrrole nitrogens is 1. The average Bonchev–Trinajstić information content (AvgIpc) is 3.51. The Balaban J connectivity index is 1.53. The number of rotatable bonds is 8. The molecule has 10 heteroatoms. The Morgan fingerprint density at radius 2 is 1.76 bits per heavy atom. The van der Waals surface area contributed by atoms with Crippen LogP contribution in [-0.2, 0) is 6.42 Å². The van der Waals surface area contributed by atoms with Crippen LogP contribution < -0.4 is 10.6 Å². The summed E-state index contributed by atoms with van der Waals surface area (Å²) in [5, 5.41) is 26.8. The summed E-state index contributed by atoms with van der Waals surface area (Å²) in [6.45, 7) is 0.405. The molecule has 3 aromatic carbocycles. The number of benzene rings is 3. The van der Waals surface area contributed by atoms with E-state index in [1.54, 1.807) is 85.3 Å². The second kappa shape index (κ2) is 12.2. The molecule has 0 unspecified atom stereocenters. The molecule has 2 heterocycles. The molecule has 2 amide bonds. The number of anilines is 1. The fraction of sp³-hybridized carbons (Fsp3) is 0.0645. The molecular weight excluding hydrogens is 540 g/mol. The van der Waals surface area contributed by atoms with E-state index in [4.69, 9.17) is 11.6 Å². The number of halogens is 1. The summed E-state index contributed by atoms with van der Waals surface area (Å²) in [6, 6.07) is 23.6. The van der Waals surface area contributed by atoms with E-state index < -0.39 is 5.91 Å². The molecule has 0 atom stereocenters. The molecule has 0 spiro atoms. The lowest BCUT2D eigenvalue weighted by Crippen LogP contribution is -2.25. The van der Waals surface area contributed by atoms with Gasteiger partial charge in [-0.3, -0.25) is 9.59 Å². The molecule has 202 valence electrons. The van der Waals surface area contributed by atoms with Gasteiger partial charge in [-0.15, -0.1) is 0 Å². The Labute approximate surface area is 240 Å². The number of aromatic nitrogens is 3. The molecule has 0 bridgehead atoms. The number of aromatic hydroxyl groups is 1. The molecule has 2 aromatic heterocycles. The van der Waals surface area contributed by atoms with Gasteiger partial charge in [0.15, 0.2) is 5.82 Å². The van der Waals surface area contributed by atoms with Crippen LogP contribution in [0, 0.1) is 11.3 Å². The number of phenolic OH excluding ortho intramolecular Hbond substituents is 1. The molecule has 41 heavy (non-hydrogen) atoms. The van der Waals surface area contributed by atoms with Crippen LogP contribution in [-0.4, -0.2) is 38.4 Å². The van der Waals surface area contributed by atoms with Gasteiger partial charge in [-0.1, -0.05) is 35.9 Å². The number of hydrogen-bond donors (Lipinski definition) is 4. The predicted octanol–water partition coefficient (Wildman–Crippen LogP) is 5.59. The molecule has 9 nitrogen and oxygen atoms in total. The Kier molecular flexibility index (Phi) is 8.04. The summed E-state index contributed by atoms with van der Waals surface area (Å²) >= 11 is 5.96. The number of hydrogen-bond acceptors (Lipinski definition) is 6. The Morgan fingerprint density at radius 3 is 2.49 bits per heavy atom. The minimum Gasteiger partial charge on any atom is -0.507 e. The van der Waals surface area contributed by atoms with E-state index in [-0.39, 0.29) is 23.0 Å². The summed E-state index contributed by atoms with van der Waals surface area (Å²) < 4.78 is 0. The Morgan fingerprint density at radius 1 is 0.951 bits per heavy atom. The predicted molar refractivity (Wildman–Crippen MR) is 156 cm³/mol. The number of carbonyl (C=O) groups is 2. The number of phenols is 1. The third-order valence-electron chi connectivity index (χ3n) is 6.32. The van der Waals surface area contributed by atoms with E-state index in [2.05, 4.69) is 31.7 Å². The van der Waals surface area contributed by atoms with Crippen molar-refractivity contribution in [1.82, 2.24) is 20.3 Å². The van der Waals surface area contributed by atoms with E-state index in [9.17, 15) is 20.0 Å². The minimum atomic E-state index is -0.489. The van der Waals surface area contributed by atoms with Crippen molar-refractivity contribution < 1.29 is 14.7 Å². The molecule has 0 radical (unpaired) electrons. The summed E-state index contributed by atoms with van der Waals surface area (Å²) in [5.41, 5.74) is 3.45. The van der Waals surface area contributed by atoms with Crippen molar-refractivity contribution in [2.24, 2.45) is 0 Å². The number of pyridine rings is 1. The molecule has 0 saturated heterocycles. The molecule has 5 rings (SSSR count). The van der Waals surface area contributed by atoms with E-state index in [0.717, 1.165) is 5.69 Å². The summed E-state index contributed by atoms with van der Waals surface area (Å²) in [5.74, 6) is -0.777. The highest BCUT2D eigenvalue weighted by Crippen LogP contribution is 2.35. The number of nitrogens with one attached hydrogen (secondary N) is 3. The van der Waals surface area contributed by atoms with Crippen molar-refractivity contribution >= 4 is 29.2 Å². The lowest BCUT2D eigenvalue weighted by molar-refractivity contribution is 0.0953. The van der Waals surface area contributed by atoms with Crippen molar-refractivity contribution in [1.29, 1.82) is 5.26 Å². The van der Waals surface area contributed by atoms with Gasteiger partial charge < -0.3 is 20.7 Å². The first-order valence-electron chi connectivity index (χ1n) is 12.6. The van der Waals surface area contributed by atoms with Gasteiger partial charge in [-0.05, 0) is 60.2 Å². The molecule has 0 aliphatic carbocycles. The highest BCUT2D eigenvalue weighted by atomic mass is 35.5. The van der Waals surface area contributed by atoms with Crippen LogP contribution >= 0.6 is 11.6 Å². The van der Waals surface area contributed by atoms with Gasteiger partial charge in [-0.25, -0.2) is 9.97 Å². The molecule has 4 N–H and O–H groups in total. The molecular formula is C31H23ClN6O3. The van der Waals surface area contributed by atoms with Gasteiger partial charge in [0.2, 0.25) is 0 Å². The van der Waals surface area contributed by atoms with Crippen molar-refractivity contribution in [3.63, 3.8) is 0 Å². The third-order valence-corrected chi connectivity index (χ3v) is 6.57. The van der Waals surface area contributed by atoms with Crippen LogP contribution in [0.4, 0.5) is 5.82 Å². The third kappa shape index (κ3) is 6.24. The monoisotopic (exact) mass is 562 g/mol. The van der Waals surface area contributed by atoms with Crippen molar-refractivity contribution in [2.75, 3.05) is 11.9 Å². The summed E-state index contributed by atoms with van der Waals surface area (Å²) in [7, 11) is 0. The van der Waals surface area contributed by atoms with Crippen LogP contribution in [0.3, 0.4) is 0 Å². The lowest BCUT2D eigenvalue weighted by atomic mass is 9.96. The molecule has 0 aliphatic rings. The van der Waals surface area contributed by atoms with Crippen molar-refractivity contribution in [2.45, 2.75) is 6.42 Å². The second-order valence-corrected chi connectivity index (χ2v) is 9.47. The van der Waals surface area contributed by atoms with Crippen LogP contribution in [0.5, 0.6) is 5.75 Å². The van der Waals surface area contributed by atoms with Gasteiger partial charge in [0.05, 0.1) is 12.0 Å². The van der Waals surface area contributed by atoms with Crippen molar-refractivity contribution in [3.8, 4) is 34.2 Å². The topological polar surface area (TPSA) is 144 Å². The number of carbonyl (C=O) groups excluding carboxylic acids is 2. The number of nitrogens with zero attached hydrogens (tertiary/aromatic N) is 3. The van der Waals surface area contributed by atoms with Crippen LogP contribution in [0.2, 0.25) is 5.02 Å².